The van der Waals surface area contributed by atoms with Gasteiger partial charge in [0.05, 0.1) is 5.69 Å². The lowest BCUT2D eigenvalue weighted by Crippen LogP contribution is -2.10. The summed E-state index contributed by atoms with van der Waals surface area (Å²) in [6.07, 6.45) is 2.53. The molecule has 6 heteroatoms. The Kier molecular flexibility index (Phi) is 5.30. The highest BCUT2D eigenvalue weighted by molar-refractivity contribution is 7.09. The second-order valence-electron chi connectivity index (χ2n) is 6.89. The van der Waals surface area contributed by atoms with E-state index >= 15 is 0 Å². The minimum Gasteiger partial charge on any atom is -0.486 e. The number of benzene rings is 2. The SMILES string of the molecule is Cc1cc(OCc2nc(-c3ccccc3C3CC3)cs2)ccc1OCC(=O)O. The largest absolute Gasteiger partial charge is 0.486 e. The topological polar surface area (TPSA) is 68.7 Å². The van der Waals surface area contributed by atoms with Gasteiger partial charge in [-0.25, -0.2) is 9.78 Å². The van der Waals surface area contributed by atoms with Gasteiger partial charge in [-0.05, 0) is 55.0 Å². The number of ether oxygens (including phenoxy) is 2. The molecule has 1 aromatic heterocycles. The first-order valence-electron chi connectivity index (χ1n) is 9.22. The molecule has 4 rings (SSSR count). The summed E-state index contributed by atoms with van der Waals surface area (Å²) in [5.74, 6) is 0.934. The summed E-state index contributed by atoms with van der Waals surface area (Å²) >= 11 is 1.60. The zero-order chi connectivity index (χ0) is 19.5. The van der Waals surface area contributed by atoms with E-state index in [1.54, 1.807) is 23.5 Å². The Morgan fingerprint density at radius 3 is 2.79 bits per heavy atom. The van der Waals surface area contributed by atoms with Crippen molar-refractivity contribution in [1.29, 1.82) is 0 Å². The van der Waals surface area contributed by atoms with Crippen molar-refractivity contribution >= 4 is 17.3 Å². The Morgan fingerprint density at radius 1 is 1.21 bits per heavy atom. The van der Waals surface area contributed by atoms with Gasteiger partial charge >= 0.3 is 5.97 Å². The van der Waals surface area contributed by atoms with E-state index in [1.165, 1.54) is 24.0 Å². The summed E-state index contributed by atoms with van der Waals surface area (Å²) in [5, 5.41) is 11.7. The van der Waals surface area contributed by atoms with E-state index in [0.29, 0.717) is 24.0 Å². The standard InChI is InChI=1S/C22H21NO4S/c1-14-10-16(8-9-20(14)27-12-22(24)25)26-11-21-23-19(13-28-21)18-5-3-2-4-17(18)15-6-7-15/h2-5,8-10,13,15H,6-7,11-12H2,1H3,(H,24,25). The molecule has 1 saturated carbocycles. The molecule has 1 heterocycles. The van der Waals surface area contributed by atoms with E-state index in [9.17, 15) is 4.79 Å². The van der Waals surface area contributed by atoms with Crippen LogP contribution in [0.1, 0.15) is 34.9 Å². The van der Waals surface area contributed by atoms with Crippen LogP contribution in [0.2, 0.25) is 0 Å². The Labute approximate surface area is 167 Å². The van der Waals surface area contributed by atoms with Crippen LogP contribution in [-0.2, 0) is 11.4 Å². The van der Waals surface area contributed by atoms with Crippen LogP contribution in [0.15, 0.2) is 47.8 Å². The lowest BCUT2D eigenvalue weighted by atomic mass is 10.0. The lowest BCUT2D eigenvalue weighted by molar-refractivity contribution is -0.139. The van der Waals surface area contributed by atoms with E-state index in [0.717, 1.165) is 16.3 Å². The van der Waals surface area contributed by atoms with Crippen LogP contribution in [0.3, 0.4) is 0 Å². The molecular weight excluding hydrogens is 374 g/mol. The third-order valence-corrected chi connectivity index (χ3v) is 5.49. The highest BCUT2D eigenvalue weighted by Crippen LogP contribution is 2.44. The molecule has 1 aliphatic rings. The molecule has 1 N–H and O–H groups in total. The van der Waals surface area contributed by atoms with Crippen molar-refractivity contribution in [3.8, 4) is 22.8 Å². The zero-order valence-electron chi connectivity index (χ0n) is 15.6. The van der Waals surface area contributed by atoms with Gasteiger partial charge < -0.3 is 14.6 Å². The number of carboxylic acid groups (broad SMARTS) is 1. The van der Waals surface area contributed by atoms with Gasteiger partial charge in [0.1, 0.15) is 23.1 Å². The van der Waals surface area contributed by atoms with Crippen molar-refractivity contribution in [1.82, 2.24) is 4.98 Å². The molecule has 0 atom stereocenters. The molecule has 0 unspecified atom stereocenters. The van der Waals surface area contributed by atoms with Crippen LogP contribution in [0.25, 0.3) is 11.3 Å². The molecule has 0 bridgehead atoms. The second kappa shape index (κ2) is 8.02. The molecule has 1 aliphatic carbocycles. The van der Waals surface area contributed by atoms with Gasteiger partial charge in [0, 0.05) is 10.9 Å². The highest BCUT2D eigenvalue weighted by atomic mass is 32.1. The van der Waals surface area contributed by atoms with Crippen molar-refractivity contribution in [2.45, 2.75) is 32.3 Å². The Hall–Kier alpha value is -2.86. The fourth-order valence-corrected chi connectivity index (χ4v) is 3.85. The molecule has 144 valence electrons. The third kappa shape index (κ3) is 4.34. The second-order valence-corrected chi connectivity index (χ2v) is 7.83. The number of thiazole rings is 1. The predicted octanol–water partition coefficient (Wildman–Crippen LogP) is 5.04. The van der Waals surface area contributed by atoms with Gasteiger partial charge in [0.25, 0.3) is 0 Å². The van der Waals surface area contributed by atoms with Crippen molar-refractivity contribution in [2.75, 3.05) is 6.61 Å². The maximum absolute atomic E-state index is 10.6. The Morgan fingerprint density at radius 2 is 2.04 bits per heavy atom. The lowest BCUT2D eigenvalue weighted by Gasteiger charge is -2.10. The highest BCUT2D eigenvalue weighted by Gasteiger charge is 2.26. The number of carboxylic acids is 1. The number of hydrogen-bond donors (Lipinski definition) is 1. The molecule has 0 amide bonds. The fraction of sp³-hybridized carbons (Fsp3) is 0.273. The first-order chi connectivity index (χ1) is 13.6. The van der Waals surface area contributed by atoms with Gasteiger partial charge in [0.15, 0.2) is 6.61 Å². The molecule has 1 fully saturated rings. The molecule has 0 spiro atoms. The maximum atomic E-state index is 10.6. The number of aliphatic carboxylic acids is 1. The minimum absolute atomic E-state index is 0.356. The van der Waals surface area contributed by atoms with Crippen molar-refractivity contribution in [3.63, 3.8) is 0 Å². The predicted molar refractivity (Wildman–Crippen MR) is 108 cm³/mol. The van der Waals surface area contributed by atoms with Crippen LogP contribution >= 0.6 is 11.3 Å². The molecule has 3 aromatic rings. The van der Waals surface area contributed by atoms with E-state index in [2.05, 4.69) is 29.6 Å². The summed E-state index contributed by atoms with van der Waals surface area (Å²) in [4.78, 5) is 15.4. The number of hydrogen-bond acceptors (Lipinski definition) is 5. The average Bonchev–Trinajstić information content (AvgIpc) is 3.43. The molecule has 0 radical (unpaired) electrons. The van der Waals surface area contributed by atoms with Crippen LogP contribution in [-0.4, -0.2) is 22.7 Å². The first-order valence-corrected chi connectivity index (χ1v) is 10.1. The molecular formula is C22H21NO4S. The van der Waals surface area contributed by atoms with Gasteiger partial charge in [-0.2, -0.15) is 0 Å². The summed E-state index contributed by atoms with van der Waals surface area (Å²) in [5.41, 5.74) is 4.47. The summed E-state index contributed by atoms with van der Waals surface area (Å²) < 4.78 is 11.1. The smallest absolute Gasteiger partial charge is 0.341 e. The first kappa shape index (κ1) is 18.5. The van der Waals surface area contributed by atoms with Crippen LogP contribution in [0.5, 0.6) is 11.5 Å². The average molecular weight is 395 g/mol. The molecule has 2 aromatic carbocycles. The maximum Gasteiger partial charge on any atom is 0.341 e. The minimum atomic E-state index is -0.998. The molecule has 0 saturated heterocycles. The summed E-state index contributed by atoms with van der Waals surface area (Å²) in [6.45, 7) is 1.90. The fourth-order valence-electron chi connectivity index (χ4n) is 3.14. The van der Waals surface area contributed by atoms with Crippen LogP contribution in [0.4, 0.5) is 0 Å². The van der Waals surface area contributed by atoms with Gasteiger partial charge in [-0.3, -0.25) is 0 Å². The van der Waals surface area contributed by atoms with Gasteiger partial charge in [0.2, 0.25) is 0 Å². The number of rotatable bonds is 8. The summed E-state index contributed by atoms with van der Waals surface area (Å²) in [7, 11) is 0. The van der Waals surface area contributed by atoms with E-state index in [1.807, 2.05) is 13.0 Å². The van der Waals surface area contributed by atoms with E-state index < -0.39 is 5.97 Å². The molecule has 0 aliphatic heterocycles. The number of carbonyl (C=O) groups is 1. The van der Waals surface area contributed by atoms with Crippen LogP contribution in [0, 0.1) is 6.92 Å². The third-order valence-electron chi connectivity index (χ3n) is 4.67. The Bertz CT molecular complexity index is 994. The van der Waals surface area contributed by atoms with Crippen molar-refractivity contribution < 1.29 is 19.4 Å². The summed E-state index contributed by atoms with van der Waals surface area (Å²) in [6, 6.07) is 13.9. The normalized spacial score (nSPS) is 13.3. The number of nitrogens with zero attached hydrogens (tertiary/aromatic N) is 1. The Balaban J connectivity index is 1.41. The zero-order valence-corrected chi connectivity index (χ0v) is 16.4. The quantitative estimate of drug-likeness (QED) is 0.579. The monoisotopic (exact) mass is 395 g/mol. The van der Waals surface area contributed by atoms with E-state index in [-0.39, 0.29) is 6.61 Å². The number of aromatic nitrogens is 1. The van der Waals surface area contributed by atoms with Gasteiger partial charge in [-0.15, -0.1) is 11.3 Å². The number of aryl methyl sites for hydroxylation is 1. The molecule has 28 heavy (non-hydrogen) atoms. The molecule has 5 nitrogen and oxygen atoms in total. The van der Waals surface area contributed by atoms with Crippen molar-refractivity contribution in [3.05, 3.63) is 64.0 Å². The van der Waals surface area contributed by atoms with E-state index in [4.69, 9.17) is 19.6 Å². The van der Waals surface area contributed by atoms with Gasteiger partial charge in [-0.1, -0.05) is 24.3 Å². The van der Waals surface area contributed by atoms with Crippen LogP contribution < -0.4 is 9.47 Å². The van der Waals surface area contributed by atoms with Crippen molar-refractivity contribution in [2.24, 2.45) is 0 Å².